The summed E-state index contributed by atoms with van der Waals surface area (Å²) in [5, 5.41) is 7.34. The monoisotopic (exact) mass is 540 g/mol. The van der Waals surface area contributed by atoms with Gasteiger partial charge in [-0.2, -0.15) is 18.3 Å². The molecule has 3 heterocycles. The average Bonchev–Trinajstić information content (AvgIpc) is 3.14. The van der Waals surface area contributed by atoms with Crippen molar-refractivity contribution in [1.29, 1.82) is 0 Å². The molecule has 0 radical (unpaired) electrons. The summed E-state index contributed by atoms with van der Waals surface area (Å²) in [6, 6.07) is 3.31. The van der Waals surface area contributed by atoms with Crippen molar-refractivity contribution in [3.05, 3.63) is 41.9 Å². The summed E-state index contributed by atoms with van der Waals surface area (Å²) in [4.78, 5) is 10.2. The van der Waals surface area contributed by atoms with Gasteiger partial charge in [-0.25, -0.2) is 4.98 Å². The minimum atomic E-state index is -4.42. The fraction of sp³-hybridized carbons (Fsp3) is 0.500. The van der Waals surface area contributed by atoms with Crippen molar-refractivity contribution < 1.29 is 22.6 Å². The molecule has 2 aromatic heterocycles. The number of hydrogen-bond donors (Lipinski definition) is 1. The van der Waals surface area contributed by atoms with Gasteiger partial charge in [-0.15, -0.1) is 24.0 Å². The summed E-state index contributed by atoms with van der Waals surface area (Å²) >= 11 is 0. The normalized spacial score (nSPS) is 17.4. The quantitative estimate of drug-likeness (QED) is 0.357. The molecule has 3 rings (SSSR count). The number of aromatic nitrogens is 3. The zero-order chi connectivity index (χ0) is 20.9. The lowest BCUT2D eigenvalue weighted by atomic mass is 10.1. The van der Waals surface area contributed by atoms with Crippen LogP contribution in [-0.2, 0) is 18.3 Å². The second kappa shape index (κ2) is 10.8. The number of alkyl halides is 3. The molecule has 0 bridgehead atoms. The van der Waals surface area contributed by atoms with E-state index < -0.39 is 12.8 Å². The van der Waals surface area contributed by atoms with E-state index in [4.69, 9.17) is 9.47 Å². The molecule has 1 atom stereocenters. The summed E-state index contributed by atoms with van der Waals surface area (Å²) < 4.78 is 49.7. The van der Waals surface area contributed by atoms with Gasteiger partial charge in [0.15, 0.2) is 12.6 Å². The van der Waals surface area contributed by atoms with Crippen molar-refractivity contribution >= 4 is 29.9 Å². The lowest BCUT2D eigenvalue weighted by Crippen LogP contribution is -2.47. The standard InChI is InChI=1S/C18H23F3N6O2.HI/c1-22-17(27-6-7-28-15(11-27)14-9-25-26(2)10-14)24-8-13-4-3-5-23-16(13)29-12-18(19,20)21;/h3-5,9-10,15H,6-8,11-12H2,1-2H3,(H,22,24);1H. The van der Waals surface area contributed by atoms with E-state index in [0.717, 1.165) is 5.56 Å². The van der Waals surface area contributed by atoms with Crippen LogP contribution in [0, 0.1) is 0 Å². The zero-order valence-corrected chi connectivity index (χ0v) is 18.9. The molecule has 0 saturated carbocycles. The van der Waals surface area contributed by atoms with E-state index in [1.807, 2.05) is 18.1 Å². The van der Waals surface area contributed by atoms with Crippen LogP contribution >= 0.6 is 24.0 Å². The van der Waals surface area contributed by atoms with Gasteiger partial charge in [0.2, 0.25) is 5.88 Å². The van der Waals surface area contributed by atoms with E-state index >= 15 is 0 Å². The fourth-order valence-electron chi connectivity index (χ4n) is 3.00. The predicted octanol–water partition coefficient (Wildman–Crippen LogP) is 2.52. The number of aliphatic imine (C=N–C) groups is 1. The zero-order valence-electron chi connectivity index (χ0n) is 16.6. The smallest absolute Gasteiger partial charge is 0.422 e. The number of aryl methyl sites for hydroxylation is 1. The summed E-state index contributed by atoms with van der Waals surface area (Å²) in [7, 11) is 3.50. The van der Waals surface area contributed by atoms with E-state index in [2.05, 4.69) is 20.4 Å². The summed E-state index contributed by atoms with van der Waals surface area (Å²) in [5.41, 5.74) is 1.48. The highest BCUT2D eigenvalue weighted by Gasteiger charge is 2.29. The molecule has 1 unspecified atom stereocenters. The number of morpholine rings is 1. The highest BCUT2D eigenvalue weighted by molar-refractivity contribution is 14.0. The van der Waals surface area contributed by atoms with Gasteiger partial charge in [-0.05, 0) is 6.07 Å². The highest BCUT2D eigenvalue weighted by Crippen LogP contribution is 2.22. The summed E-state index contributed by atoms with van der Waals surface area (Å²) in [6.45, 7) is 0.578. The molecule has 1 aliphatic rings. The van der Waals surface area contributed by atoms with Gasteiger partial charge in [-0.1, -0.05) is 6.07 Å². The maximum absolute atomic E-state index is 12.5. The van der Waals surface area contributed by atoms with E-state index in [1.165, 1.54) is 6.20 Å². The molecule has 30 heavy (non-hydrogen) atoms. The summed E-state index contributed by atoms with van der Waals surface area (Å²) in [5.74, 6) is 0.566. The Balaban J connectivity index is 0.00000320. The molecule has 1 N–H and O–H groups in total. The van der Waals surface area contributed by atoms with Crippen molar-refractivity contribution in [3.63, 3.8) is 0 Å². The Bertz CT molecular complexity index is 845. The van der Waals surface area contributed by atoms with Gasteiger partial charge in [0, 0.05) is 50.7 Å². The molecule has 166 valence electrons. The van der Waals surface area contributed by atoms with Crippen LogP contribution in [0.4, 0.5) is 13.2 Å². The summed E-state index contributed by atoms with van der Waals surface area (Å²) in [6.07, 6.45) is 0.506. The number of ether oxygens (including phenoxy) is 2. The topological polar surface area (TPSA) is 76.8 Å². The maximum atomic E-state index is 12.5. The molecule has 0 amide bonds. The number of guanidine groups is 1. The van der Waals surface area contributed by atoms with Crippen molar-refractivity contribution in [3.8, 4) is 5.88 Å². The largest absolute Gasteiger partial charge is 0.468 e. The van der Waals surface area contributed by atoms with Crippen LogP contribution in [0.5, 0.6) is 5.88 Å². The minimum absolute atomic E-state index is 0. The molecule has 1 fully saturated rings. The highest BCUT2D eigenvalue weighted by atomic mass is 127. The number of hydrogen-bond acceptors (Lipinski definition) is 5. The molecule has 12 heteroatoms. The Hall–Kier alpha value is -2.09. The van der Waals surface area contributed by atoms with Gasteiger partial charge in [0.25, 0.3) is 0 Å². The fourth-order valence-corrected chi connectivity index (χ4v) is 3.00. The third-order valence-corrected chi connectivity index (χ3v) is 4.33. The number of pyridine rings is 1. The third-order valence-electron chi connectivity index (χ3n) is 4.33. The Morgan fingerprint density at radius 1 is 1.43 bits per heavy atom. The molecule has 0 aliphatic carbocycles. The maximum Gasteiger partial charge on any atom is 0.422 e. The molecule has 1 aliphatic heterocycles. The second-order valence-corrected chi connectivity index (χ2v) is 6.53. The predicted molar refractivity (Wildman–Crippen MR) is 115 cm³/mol. The van der Waals surface area contributed by atoms with E-state index in [-0.39, 0.29) is 42.5 Å². The van der Waals surface area contributed by atoms with Gasteiger partial charge in [0.05, 0.1) is 19.3 Å². The Labute approximate surface area is 189 Å². The number of nitrogens with one attached hydrogen (secondary N) is 1. The van der Waals surface area contributed by atoms with Crippen LogP contribution in [0.3, 0.4) is 0 Å². The Kier molecular flexibility index (Phi) is 8.70. The molecule has 0 aromatic carbocycles. The molecular weight excluding hydrogens is 516 g/mol. The first-order valence-electron chi connectivity index (χ1n) is 9.05. The number of rotatable bonds is 5. The van der Waals surface area contributed by atoms with Crippen LogP contribution < -0.4 is 10.1 Å². The Morgan fingerprint density at radius 2 is 2.23 bits per heavy atom. The minimum Gasteiger partial charge on any atom is -0.468 e. The van der Waals surface area contributed by atoms with Gasteiger partial charge >= 0.3 is 6.18 Å². The molecule has 8 nitrogen and oxygen atoms in total. The van der Waals surface area contributed by atoms with Crippen molar-refractivity contribution in [2.24, 2.45) is 12.0 Å². The number of nitrogens with zero attached hydrogens (tertiary/aromatic N) is 5. The van der Waals surface area contributed by atoms with E-state index in [1.54, 1.807) is 30.1 Å². The van der Waals surface area contributed by atoms with Crippen LogP contribution in [-0.4, -0.2) is 65.2 Å². The van der Waals surface area contributed by atoms with Gasteiger partial charge < -0.3 is 19.7 Å². The number of halogens is 4. The SMILES string of the molecule is CN=C(NCc1cccnc1OCC(F)(F)F)N1CCOC(c2cnn(C)c2)C1.I. The average molecular weight is 540 g/mol. The van der Waals surface area contributed by atoms with Gasteiger partial charge in [-0.3, -0.25) is 9.67 Å². The third kappa shape index (κ3) is 6.72. The van der Waals surface area contributed by atoms with Crippen LogP contribution in [0.25, 0.3) is 0 Å². The molecule has 1 saturated heterocycles. The van der Waals surface area contributed by atoms with Crippen molar-refractivity contribution in [2.45, 2.75) is 18.8 Å². The lowest BCUT2D eigenvalue weighted by Gasteiger charge is -2.34. The first kappa shape index (κ1) is 24.2. The van der Waals surface area contributed by atoms with E-state index in [0.29, 0.717) is 31.2 Å². The second-order valence-electron chi connectivity index (χ2n) is 6.53. The Morgan fingerprint density at radius 3 is 2.90 bits per heavy atom. The van der Waals surface area contributed by atoms with Crippen molar-refractivity contribution in [2.75, 3.05) is 33.4 Å². The molecule has 0 spiro atoms. The molecular formula is C18H24F3IN6O2. The first-order valence-corrected chi connectivity index (χ1v) is 9.05. The van der Waals surface area contributed by atoms with Crippen LogP contribution in [0.15, 0.2) is 35.7 Å². The lowest BCUT2D eigenvalue weighted by molar-refractivity contribution is -0.154. The van der Waals surface area contributed by atoms with Crippen molar-refractivity contribution in [1.82, 2.24) is 25.0 Å². The van der Waals surface area contributed by atoms with E-state index in [9.17, 15) is 13.2 Å². The first-order chi connectivity index (χ1) is 13.9. The molecule has 2 aromatic rings. The van der Waals surface area contributed by atoms with Crippen LogP contribution in [0.1, 0.15) is 17.2 Å². The van der Waals surface area contributed by atoms with Crippen LogP contribution in [0.2, 0.25) is 0 Å². The van der Waals surface area contributed by atoms with Gasteiger partial charge in [0.1, 0.15) is 6.10 Å².